The van der Waals surface area contributed by atoms with Gasteiger partial charge in [0.1, 0.15) is 15.4 Å². The van der Waals surface area contributed by atoms with E-state index in [2.05, 4.69) is 17.2 Å². The molecule has 0 aromatic carbocycles. The van der Waals surface area contributed by atoms with E-state index in [0.717, 1.165) is 35.5 Å². The van der Waals surface area contributed by atoms with Crippen LogP contribution in [0, 0.1) is 5.92 Å². The molecule has 0 saturated carbocycles. The van der Waals surface area contributed by atoms with Crippen LogP contribution >= 0.6 is 22.9 Å². The maximum atomic E-state index is 5.90. The Morgan fingerprint density at radius 2 is 2.56 bits per heavy atom. The van der Waals surface area contributed by atoms with E-state index in [0.29, 0.717) is 5.92 Å². The van der Waals surface area contributed by atoms with Gasteiger partial charge in [-0.15, -0.1) is 11.3 Å². The molecule has 16 heavy (non-hydrogen) atoms. The maximum Gasteiger partial charge on any atom is 0.123 e. The molecule has 90 valence electrons. The molecule has 0 aliphatic carbocycles. The molecule has 2 unspecified atom stereocenters. The number of thiazole rings is 1. The van der Waals surface area contributed by atoms with Gasteiger partial charge in [0.2, 0.25) is 0 Å². The van der Waals surface area contributed by atoms with Crippen molar-refractivity contribution < 1.29 is 4.74 Å². The first-order valence-electron chi connectivity index (χ1n) is 5.74. The zero-order valence-corrected chi connectivity index (χ0v) is 11.0. The molecule has 1 aliphatic rings. The van der Waals surface area contributed by atoms with Crippen LogP contribution in [0.1, 0.15) is 30.9 Å². The molecular formula is C11H17ClN2OS. The smallest absolute Gasteiger partial charge is 0.123 e. The van der Waals surface area contributed by atoms with Crippen LogP contribution in [-0.4, -0.2) is 24.7 Å². The van der Waals surface area contributed by atoms with Gasteiger partial charge < -0.3 is 10.1 Å². The molecule has 2 heterocycles. The van der Waals surface area contributed by atoms with Crippen molar-refractivity contribution in [2.24, 2.45) is 5.92 Å². The molecular weight excluding hydrogens is 244 g/mol. The first-order valence-corrected chi connectivity index (χ1v) is 6.94. The van der Waals surface area contributed by atoms with Crippen LogP contribution in [0.2, 0.25) is 4.34 Å². The summed E-state index contributed by atoms with van der Waals surface area (Å²) < 4.78 is 6.49. The van der Waals surface area contributed by atoms with Crippen molar-refractivity contribution in [3.05, 3.63) is 15.5 Å². The second-order valence-electron chi connectivity index (χ2n) is 4.05. The zero-order valence-electron chi connectivity index (χ0n) is 9.41. The molecule has 0 spiro atoms. The Bertz CT molecular complexity index is 332. The fourth-order valence-corrected chi connectivity index (χ4v) is 3.05. The molecule has 1 fully saturated rings. The highest BCUT2D eigenvalue weighted by Crippen LogP contribution is 2.37. The molecule has 1 aliphatic heterocycles. The van der Waals surface area contributed by atoms with Crippen molar-refractivity contribution in [2.45, 2.75) is 25.9 Å². The number of nitrogens with zero attached hydrogens (tertiary/aromatic N) is 1. The number of halogens is 1. The predicted octanol–water partition coefficient (Wildman–Crippen LogP) is 2.87. The fourth-order valence-electron chi connectivity index (χ4n) is 1.98. The minimum absolute atomic E-state index is 0.141. The lowest BCUT2D eigenvalue weighted by Gasteiger charge is -2.16. The Balaban J connectivity index is 1.92. The minimum atomic E-state index is 0.141. The standard InChI is InChI=1S/C11H17ClN2OS/c1-2-4-13-6-8-3-5-15-10(8)11-14-7-9(12)16-11/h7-8,10,13H,2-6H2,1H3. The van der Waals surface area contributed by atoms with Gasteiger partial charge in [0.05, 0.1) is 6.20 Å². The average molecular weight is 261 g/mol. The Morgan fingerprint density at radius 3 is 3.25 bits per heavy atom. The molecule has 0 bridgehead atoms. The third-order valence-corrected chi connectivity index (χ3v) is 3.96. The molecule has 0 radical (unpaired) electrons. The van der Waals surface area contributed by atoms with E-state index in [1.165, 1.54) is 17.8 Å². The van der Waals surface area contributed by atoms with Crippen LogP contribution in [0.3, 0.4) is 0 Å². The highest BCUT2D eigenvalue weighted by molar-refractivity contribution is 7.15. The highest BCUT2D eigenvalue weighted by Gasteiger charge is 2.31. The zero-order chi connectivity index (χ0) is 11.4. The number of hydrogen-bond acceptors (Lipinski definition) is 4. The maximum absolute atomic E-state index is 5.90. The van der Waals surface area contributed by atoms with Gasteiger partial charge in [-0.2, -0.15) is 0 Å². The summed E-state index contributed by atoms with van der Waals surface area (Å²) in [6, 6.07) is 0. The SMILES string of the molecule is CCCNCC1CCOC1c1ncc(Cl)s1. The Hall–Kier alpha value is -0.160. The van der Waals surface area contributed by atoms with E-state index in [1.54, 1.807) is 6.20 Å². The molecule has 3 nitrogen and oxygen atoms in total. The summed E-state index contributed by atoms with van der Waals surface area (Å²) in [4.78, 5) is 4.31. The van der Waals surface area contributed by atoms with Crippen molar-refractivity contribution in [2.75, 3.05) is 19.7 Å². The summed E-state index contributed by atoms with van der Waals surface area (Å²) in [7, 11) is 0. The first kappa shape index (κ1) is 12.3. The highest BCUT2D eigenvalue weighted by atomic mass is 35.5. The van der Waals surface area contributed by atoms with Crippen LogP contribution in [0.25, 0.3) is 0 Å². The molecule has 2 atom stereocenters. The lowest BCUT2D eigenvalue weighted by molar-refractivity contribution is 0.0903. The molecule has 1 saturated heterocycles. The van der Waals surface area contributed by atoms with Gasteiger partial charge in [-0.3, -0.25) is 0 Å². The van der Waals surface area contributed by atoms with Crippen molar-refractivity contribution in [3.63, 3.8) is 0 Å². The normalized spacial score (nSPS) is 25.1. The van der Waals surface area contributed by atoms with E-state index in [9.17, 15) is 0 Å². The summed E-state index contributed by atoms with van der Waals surface area (Å²) in [5, 5.41) is 4.47. The quantitative estimate of drug-likeness (QED) is 0.827. The summed E-state index contributed by atoms with van der Waals surface area (Å²) in [5.74, 6) is 0.536. The van der Waals surface area contributed by atoms with Crippen molar-refractivity contribution in [1.82, 2.24) is 10.3 Å². The van der Waals surface area contributed by atoms with E-state index in [1.807, 2.05) is 0 Å². The van der Waals surface area contributed by atoms with E-state index >= 15 is 0 Å². The lowest BCUT2D eigenvalue weighted by atomic mass is 10.0. The van der Waals surface area contributed by atoms with Crippen molar-refractivity contribution in [1.29, 1.82) is 0 Å². The number of nitrogens with one attached hydrogen (secondary N) is 1. The van der Waals surface area contributed by atoms with Crippen molar-refractivity contribution in [3.8, 4) is 0 Å². The minimum Gasteiger partial charge on any atom is -0.371 e. The van der Waals surface area contributed by atoms with Crippen LogP contribution in [0.5, 0.6) is 0 Å². The average Bonchev–Trinajstić information content (AvgIpc) is 2.87. The third kappa shape index (κ3) is 2.94. The van der Waals surface area contributed by atoms with Crippen molar-refractivity contribution >= 4 is 22.9 Å². The Kier molecular flexibility index (Phi) is 4.58. The number of rotatable bonds is 5. The van der Waals surface area contributed by atoms with Gasteiger partial charge in [-0.1, -0.05) is 18.5 Å². The Morgan fingerprint density at radius 1 is 1.69 bits per heavy atom. The molecule has 1 N–H and O–H groups in total. The second kappa shape index (κ2) is 5.96. The van der Waals surface area contributed by atoms with Gasteiger partial charge >= 0.3 is 0 Å². The van der Waals surface area contributed by atoms with Gasteiger partial charge in [-0.25, -0.2) is 4.98 Å². The fraction of sp³-hybridized carbons (Fsp3) is 0.727. The number of aromatic nitrogens is 1. The second-order valence-corrected chi connectivity index (χ2v) is 5.74. The molecule has 5 heteroatoms. The number of hydrogen-bond donors (Lipinski definition) is 1. The summed E-state index contributed by atoms with van der Waals surface area (Å²) in [6.45, 7) is 5.09. The molecule has 2 rings (SSSR count). The molecule has 1 aromatic heterocycles. The largest absolute Gasteiger partial charge is 0.371 e. The topological polar surface area (TPSA) is 34.1 Å². The van der Waals surface area contributed by atoms with Gasteiger partial charge in [0.25, 0.3) is 0 Å². The third-order valence-electron chi connectivity index (χ3n) is 2.79. The van der Waals surface area contributed by atoms with Crippen LogP contribution in [-0.2, 0) is 4.74 Å². The summed E-state index contributed by atoms with van der Waals surface area (Å²) in [6.07, 6.45) is 4.13. The van der Waals surface area contributed by atoms with E-state index < -0.39 is 0 Å². The van der Waals surface area contributed by atoms with Crippen LogP contribution < -0.4 is 5.32 Å². The van der Waals surface area contributed by atoms with Gasteiger partial charge in [-0.05, 0) is 19.4 Å². The Labute approximate surface area is 105 Å². The van der Waals surface area contributed by atoms with E-state index in [4.69, 9.17) is 16.3 Å². The summed E-state index contributed by atoms with van der Waals surface area (Å²) in [5.41, 5.74) is 0. The first-order chi connectivity index (χ1) is 7.81. The van der Waals surface area contributed by atoms with Gasteiger partial charge in [0, 0.05) is 19.1 Å². The monoisotopic (exact) mass is 260 g/mol. The van der Waals surface area contributed by atoms with E-state index in [-0.39, 0.29) is 6.10 Å². The molecule has 0 amide bonds. The molecule has 1 aromatic rings. The predicted molar refractivity (Wildman–Crippen MR) is 67.1 cm³/mol. The van der Waals surface area contributed by atoms with Crippen LogP contribution in [0.4, 0.5) is 0 Å². The van der Waals surface area contributed by atoms with Gasteiger partial charge in [0.15, 0.2) is 0 Å². The summed E-state index contributed by atoms with van der Waals surface area (Å²) >= 11 is 7.43. The van der Waals surface area contributed by atoms with Crippen LogP contribution in [0.15, 0.2) is 6.20 Å². The lowest BCUT2D eigenvalue weighted by Crippen LogP contribution is -2.25. The number of ether oxygens (including phenoxy) is 1.